The first-order valence-electron chi connectivity index (χ1n) is 8.70. The van der Waals surface area contributed by atoms with Crippen LogP contribution in [0, 0.1) is 0 Å². The summed E-state index contributed by atoms with van der Waals surface area (Å²) in [5.41, 5.74) is -1.74. The maximum atomic E-state index is 13.5. The first-order valence-corrected chi connectivity index (χ1v) is 8.70. The monoisotopic (exact) mass is 406 g/mol. The Morgan fingerprint density at radius 3 is 2.39 bits per heavy atom. The fourth-order valence-electron chi connectivity index (χ4n) is 3.24. The number of carbonyl (C=O) groups is 2. The summed E-state index contributed by atoms with van der Waals surface area (Å²) in [4.78, 5) is 25.5. The van der Waals surface area contributed by atoms with Crippen LogP contribution in [0.25, 0.3) is 0 Å². The lowest BCUT2D eigenvalue weighted by atomic mass is 9.89. The molecule has 1 aromatic carbocycles. The summed E-state index contributed by atoms with van der Waals surface area (Å²) >= 11 is 0. The normalized spacial score (nSPS) is 25.6. The van der Waals surface area contributed by atoms with Crippen molar-refractivity contribution < 1.29 is 36.6 Å². The Balaban J connectivity index is 1.75. The summed E-state index contributed by atoms with van der Waals surface area (Å²) in [6.07, 6.45) is -5.01. The van der Waals surface area contributed by atoms with Gasteiger partial charge in [-0.05, 0) is 36.6 Å². The molecule has 0 bridgehead atoms. The molecule has 28 heavy (non-hydrogen) atoms. The third kappa shape index (κ3) is 4.26. The van der Waals surface area contributed by atoms with Crippen molar-refractivity contribution in [2.24, 2.45) is 0 Å². The molecule has 0 aromatic heterocycles. The van der Waals surface area contributed by atoms with E-state index in [1.165, 1.54) is 7.05 Å². The molecule has 1 atom stereocenters. The fraction of sp³-hybridized carbons (Fsp3) is 0.556. The Morgan fingerprint density at radius 1 is 1.29 bits per heavy atom. The zero-order valence-corrected chi connectivity index (χ0v) is 14.9. The van der Waals surface area contributed by atoms with Crippen molar-refractivity contribution in [1.29, 1.82) is 0 Å². The number of rotatable bonds is 5. The highest BCUT2D eigenvalue weighted by atomic mass is 19.4. The zero-order valence-electron chi connectivity index (χ0n) is 14.9. The molecule has 2 N–H and O–H groups in total. The van der Waals surface area contributed by atoms with Crippen LogP contribution >= 0.6 is 0 Å². The summed E-state index contributed by atoms with van der Waals surface area (Å²) < 4.78 is 65.8. The molecule has 2 fully saturated rings. The van der Waals surface area contributed by atoms with Gasteiger partial charge in [0.05, 0.1) is 24.1 Å². The van der Waals surface area contributed by atoms with Crippen LogP contribution in [0.1, 0.15) is 46.7 Å². The van der Waals surface area contributed by atoms with Gasteiger partial charge < -0.3 is 15.3 Å². The van der Waals surface area contributed by atoms with Crippen LogP contribution in [0.2, 0.25) is 0 Å². The average Bonchev–Trinajstić information content (AvgIpc) is 3.19. The number of hydrogen-bond donors (Lipinski definition) is 2. The number of carbonyl (C=O) groups excluding carboxylic acids is 2. The van der Waals surface area contributed by atoms with Gasteiger partial charge in [-0.2, -0.15) is 13.2 Å². The molecular formula is C18H19F5N2O3. The molecule has 1 unspecified atom stereocenters. The standard InChI is InChI=1S/C18H19F5N2O3/c1-25(8-15(27)24-10-5-11(26)6-10)16(28)12-3-2-9(18(21,22)23)4-13(12)14-7-17(14,19)20/h2-4,10-11,14,26H,5-8H2,1H3,(H,24,27). The van der Waals surface area contributed by atoms with E-state index in [9.17, 15) is 36.6 Å². The van der Waals surface area contributed by atoms with Gasteiger partial charge in [-0.25, -0.2) is 8.78 Å². The number of aliphatic hydroxyl groups excluding tert-OH is 1. The second-order valence-corrected chi connectivity index (χ2v) is 7.37. The van der Waals surface area contributed by atoms with E-state index >= 15 is 0 Å². The summed E-state index contributed by atoms with van der Waals surface area (Å²) in [5.74, 6) is -5.92. The largest absolute Gasteiger partial charge is 0.416 e. The molecule has 0 saturated heterocycles. The Labute approximate surface area is 157 Å². The molecule has 2 aliphatic carbocycles. The summed E-state index contributed by atoms with van der Waals surface area (Å²) in [6.45, 7) is -0.382. The second kappa shape index (κ2) is 6.98. The highest BCUT2D eigenvalue weighted by Crippen LogP contribution is 2.57. The first kappa shape index (κ1) is 20.5. The van der Waals surface area contributed by atoms with Crippen molar-refractivity contribution in [2.75, 3.05) is 13.6 Å². The molecule has 5 nitrogen and oxygen atoms in total. The topological polar surface area (TPSA) is 69.6 Å². The summed E-state index contributed by atoms with van der Waals surface area (Å²) in [6, 6.07) is 1.94. The Bertz CT molecular complexity index is 790. The predicted molar refractivity (Wildman–Crippen MR) is 87.9 cm³/mol. The molecule has 10 heteroatoms. The van der Waals surface area contributed by atoms with Gasteiger partial charge in [0, 0.05) is 25.1 Å². The summed E-state index contributed by atoms with van der Waals surface area (Å²) in [5, 5.41) is 11.8. The predicted octanol–water partition coefficient (Wildman–Crippen LogP) is 2.54. The molecule has 0 spiro atoms. The molecule has 2 saturated carbocycles. The Hall–Kier alpha value is -2.23. The van der Waals surface area contributed by atoms with Crippen LogP contribution in [-0.2, 0) is 11.0 Å². The first-order chi connectivity index (χ1) is 12.9. The van der Waals surface area contributed by atoms with E-state index in [-0.39, 0.29) is 23.7 Å². The van der Waals surface area contributed by atoms with E-state index in [4.69, 9.17) is 0 Å². The van der Waals surface area contributed by atoms with Crippen molar-refractivity contribution in [3.05, 3.63) is 34.9 Å². The molecule has 2 aliphatic rings. The van der Waals surface area contributed by atoms with Crippen LogP contribution in [0.15, 0.2) is 18.2 Å². The minimum atomic E-state index is -4.72. The van der Waals surface area contributed by atoms with Crippen molar-refractivity contribution in [1.82, 2.24) is 10.2 Å². The second-order valence-electron chi connectivity index (χ2n) is 7.37. The van der Waals surface area contributed by atoms with E-state index in [0.29, 0.717) is 25.0 Å². The SMILES string of the molecule is CN(CC(=O)NC1CC(O)C1)C(=O)c1ccc(C(F)(F)F)cc1C1CC1(F)F. The maximum absolute atomic E-state index is 13.5. The zero-order chi connectivity index (χ0) is 20.9. The maximum Gasteiger partial charge on any atom is 0.416 e. The lowest BCUT2D eigenvalue weighted by Gasteiger charge is -2.32. The summed E-state index contributed by atoms with van der Waals surface area (Å²) in [7, 11) is 1.27. The average molecular weight is 406 g/mol. The van der Waals surface area contributed by atoms with Crippen molar-refractivity contribution in [3.63, 3.8) is 0 Å². The number of likely N-dealkylation sites (N-methyl/N-ethyl adjacent to an activating group) is 1. The van der Waals surface area contributed by atoms with Gasteiger partial charge >= 0.3 is 6.18 Å². The molecule has 1 aromatic rings. The molecular weight excluding hydrogens is 387 g/mol. The quantitative estimate of drug-likeness (QED) is 0.739. The van der Waals surface area contributed by atoms with Crippen LogP contribution in [0.4, 0.5) is 22.0 Å². The van der Waals surface area contributed by atoms with Crippen LogP contribution < -0.4 is 5.32 Å². The van der Waals surface area contributed by atoms with Gasteiger partial charge in [0.2, 0.25) is 5.91 Å². The van der Waals surface area contributed by atoms with E-state index in [2.05, 4.69) is 5.32 Å². The molecule has 154 valence electrons. The molecule has 2 amide bonds. The van der Waals surface area contributed by atoms with Crippen molar-refractivity contribution in [3.8, 4) is 0 Å². The number of hydrogen-bond acceptors (Lipinski definition) is 3. The van der Waals surface area contributed by atoms with Gasteiger partial charge in [0.15, 0.2) is 0 Å². The van der Waals surface area contributed by atoms with Gasteiger partial charge in [0.25, 0.3) is 11.8 Å². The van der Waals surface area contributed by atoms with Crippen LogP contribution in [-0.4, -0.2) is 53.5 Å². The third-order valence-corrected chi connectivity index (χ3v) is 5.02. The molecule has 3 rings (SSSR count). The fourth-order valence-corrected chi connectivity index (χ4v) is 3.24. The lowest BCUT2D eigenvalue weighted by molar-refractivity contribution is -0.137. The Morgan fingerprint density at radius 2 is 1.89 bits per heavy atom. The van der Waals surface area contributed by atoms with Gasteiger partial charge in [-0.15, -0.1) is 0 Å². The minimum absolute atomic E-state index is 0.196. The van der Waals surface area contributed by atoms with Crippen LogP contribution in [0.3, 0.4) is 0 Å². The number of halogens is 5. The minimum Gasteiger partial charge on any atom is -0.393 e. The number of benzene rings is 1. The van der Waals surface area contributed by atoms with Crippen molar-refractivity contribution in [2.45, 2.75) is 49.4 Å². The lowest BCUT2D eigenvalue weighted by Crippen LogP contribution is -2.49. The number of nitrogens with zero attached hydrogens (tertiary/aromatic N) is 1. The van der Waals surface area contributed by atoms with Gasteiger partial charge in [-0.1, -0.05) is 0 Å². The third-order valence-electron chi connectivity index (χ3n) is 5.02. The smallest absolute Gasteiger partial charge is 0.393 e. The van der Waals surface area contributed by atoms with E-state index in [0.717, 1.165) is 11.0 Å². The number of nitrogens with one attached hydrogen (secondary N) is 1. The van der Waals surface area contributed by atoms with E-state index in [1.54, 1.807) is 0 Å². The van der Waals surface area contributed by atoms with Gasteiger partial charge in [-0.3, -0.25) is 9.59 Å². The number of amides is 2. The van der Waals surface area contributed by atoms with Crippen LogP contribution in [0.5, 0.6) is 0 Å². The number of alkyl halides is 5. The van der Waals surface area contributed by atoms with Gasteiger partial charge in [0.1, 0.15) is 0 Å². The van der Waals surface area contributed by atoms with Crippen molar-refractivity contribution >= 4 is 11.8 Å². The highest BCUT2D eigenvalue weighted by Gasteiger charge is 2.58. The molecule has 0 heterocycles. The number of aliphatic hydroxyl groups is 1. The molecule has 0 aliphatic heterocycles. The van der Waals surface area contributed by atoms with E-state index in [1.807, 2.05) is 0 Å². The molecule has 0 radical (unpaired) electrons. The van der Waals surface area contributed by atoms with E-state index < -0.39 is 47.9 Å². The highest BCUT2D eigenvalue weighted by molar-refractivity contribution is 5.98. The Kier molecular flexibility index (Phi) is 5.11.